The lowest BCUT2D eigenvalue weighted by Gasteiger charge is -2.24. The van der Waals surface area contributed by atoms with Crippen LogP contribution in [0.5, 0.6) is 0 Å². The van der Waals surface area contributed by atoms with Crippen LogP contribution in [-0.2, 0) is 9.53 Å². The molecule has 5 nitrogen and oxygen atoms in total. The molecule has 0 spiro atoms. The number of esters is 1. The molecule has 0 rings (SSSR count). The number of hydrogen-bond acceptors (Lipinski definition) is 5. The van der Waals surface area contributed by atoms with E-state index in [4.69, 9.17) is 15.3 Å². The minimum atomic E-state index is -0.667. The van der Waals surface area contributed by atoms with Crippen molar-refractivity contribution in [2.45, 2.75) is 20.3 Å². The molecule has 0 saturated heterocycles. The summed E-state index contributed by atoms with van der Waals surface area (Å²) in [6.07, 6.45) is 2.11. The smallest absolute Gasteiger partial charge is 0.333 e. The van der Waals surface area contributed by atoms with Crippen LogP contribution in [0.1, 0.15) is 20.3 Å². The third-order valence-electron chi connectivity index (χ3n) is 2.44. The third kappa shape index (κ3) is 8.00. The maximum atomic E-state index is 10.5. The number of ether oxygens (including phenoxy) is 1. The fourth-order valence-corrected chi connectivity index (χ4v) is 0.743. The minimum absolute atomic E-state index is 0.156. The Labute approximate surface area is 108 Å². The second kappa shape index (κ2) is 11.0. The van der Waals surface area contributed by atoms with E-state index in [1.165, 1.54) is 6.08 Å². The van der Waals surface area contributed by atoms with Crippen molar-refractivity contribution in [3.63, 3.8) is 0 Å². The zero-order valence-corrected chi connectivity index (χ0v) is 11.2. The van der Waals surface area contributed by atoms with Gasteiger partial charge in [-0.2, -0.15) is 0 Å². The number of carbonyl (C=O) groups is 1. The Morgan fingerprint density at radius 3 is 1.89 bits per heavy atom. The summed E-state index contributed by atoms with van der Waals surface area (Å²) in [4.78, 5) is 10.5. The second-order valence-corrected chi connectivity index (χ2v) is 4.00. The highest BCUT2D eigenvalue weighted by Crippen LogP contribution is 2.18. The van der Waals surface area contributed by atoms with E-state index < -0.39 is 5.41 Å². The van der Waals surface area contributed by atoms with Crippen LogP contribution in [0, 0.1) is 5.41 Å². The quantitative estimate of drug-likeness (QED) is 0.355. The Morgan fingerprint density at radius 2 is 1.72 bits per heavy atom. The van der Waals surface area contributed by atoms with Crippen molar-refractivity contribution in [2.24, 2.45) is 5.41 Å². The molecule has 18 heavy (non-hydrogen) atoms. The van der Waals surface area contributed by atoms with Gasteiger partial charge in [-0.3, -0.25) is 0 Å². The molecule has 0 aliphatic heterocycles. The van der Waals surface area contributed by atoms with Gasteiger partial charge in [0.25, 0.3) is 0 Å². The highest BCUT2D eigenvalue weighted by molar-refractivity contribution is 5.86. The van der Waals surface area contributed by atoms with Gasteiger partial charge in [-0.15, -0.1) is 0 Å². The average molecular weight is 260 g/mol. The topological polar surface area (TPSA) is 87.0 Å². The second-order valence-electron chi connectivity index (χ2n) is 4.00. The minimum Gasteiger partial charge on any atom is -0.458 e. The van der Waals surface area contributed by atoms with Gasteiger partial charge >= 0.3 is 5.97 Å². The molecule has 0 heterocycles. The predicted molar refractivity (Wildman–Crippen MR) is 70.0 cm³/mol. The Hall–Kier alpha value is -1.17. The van der Waals surface area contributed by atoms with Crippen molar-refractivity contribution in [1.82, 2.24) is 0 Å². The summed E-state index contributed by atoms with van der Waals surface area (Å²) >= 11 is 0. The molecular weight excluding hydrogens is 236 g/mol. The molecule has 5 heteroatoms. The molecule has 0 aromatic heterocycles. The summed E-state index contributed by atoms with van der Waals surface area (Å²) in [6, 6.07) is 0. The molecular formula is C13H24O5. The summed E-state index contributed by atoms with van der Waals surface area (Å²) in [5.74, 6) is -0.366. The molecule has 0 saturated carbocycles. The van der Waals surface area contributed by atoms with E-state index in [2.05, 4.69) is 17.9 Å². The van der Waals surface area contributed by atoms with Gasteiger partial charge in [0.2, 0.25) is 0 Å². The third-order valence-corrected chi connectivity index (χ3v) is 2.44. The number of carbonyl (C=O) groups excluding carboxylic acids is 1. The first-order chi connectivity index (χ1) is 8.42. The lowest BCUT2D eigenvalue weighted by atomic mass is 9.88. The van der Waals surface area contributed by atoms with Crippen LogP contribution in [0.4, 0.5) is 0 Å². The summed E-state index contributed by atoms with van der Waals surface area (Å²) in [6.45, 7) is 10.00. The van der Waals surface area contributed by atoms with E-state index in [9.17, 15) is 4.79 Å². The lowest BCUT2D eigenvalue weighted by molar-refractivity contribution is -0.137. The van der Waals surface area contributed by atoms with Crippen molar-refractivity contribution < 1.29 is 24.9 Å². The summed E-state index contributed by atoms with van der Waals surface area (Å²) < 4.78 is 4.60. The molecule has 0 unspecified atom stereocenters. The van der Waals surface area contributed by atoms with Crippen LogP contribution < -0.4 is 0 Å². The number of hydrogen-bond donors (Lipinski definition) is 3. The lowest BCUT2D eigenvalue weighted by Crippen LogP contribution is -2.32. The van der Waals surface area contributed by atoms with Gasteiger partial charge in [0, 0.05) is 11.0 Å². The molecule has 0 aromatic carbocycles. The zero-order valence-electron chi connectivity index (χ0n) is 11.2. The molecule has 0 radical (unpaired) electrons. The molecule has 0 atom stereocenters. The number of aliphatic hydroxyl groups is 3. The molecule has 0 aliphatic rings. The Kier molecular flexibility index (Phi) is 11.7. The maximum Gasteiger partial charge on any atom is 0.333 e. The van der Waals surface area contributed by atoms with Crippen LogP contribution in [0.15, 0.2) is 24.8 Å². The van der Waals surface area contributed by atoms with E-state index in [-0.39, 0.29) is 32.4 Å². The maximum absolute atomic E-state index is 10.5. The number of aliphatic hydroxyl groups excluding tert-OH is 3. The highest BCUT2D eigenvalue weighted by Gasteiger charge is 2.24. The highest BCUT2D eigenvalue weighted by atomic mass is 16.5. The van der Waals surface area contributed by atoms with Crippen LogP contribution >= 0.6 is 0 Å². The van der Waals surface area contributed by atoms with Gasteiger partial charge in [-0.1, -0.05) is 26.2 Å². The fraction of sp³-hybridized carbons (Fsp3) is 0.615. The van der Waals surface area contributed by atoms with Crippen molar-refractivity contribution in [3.05, 3.63) is 24.8 Å². The molecule has 0 fully saturated rings. The van der Waals surface area contributed by atoms with Crippen LogP contribution in [0.2, 0.25) is 0 Å². The SMILES string of the molecule is C=CCOC(=O)C(=C)C.CCC(CO)(CO)CO. The van der Waals surface area contributed by atoms with Gasteiger partial charge in [-0.25, -0.2) is 4.79 Å². The predicted octanol–water partition coefficient (Wildman–Crippen LogP) is 0.651. The monoisotopic (exact) mass is 260 g/mol. The average Bonchev–Trinajstić information content (AvgIpc) is 2.40. The van der Waals surface area contributed by atoms with Gasteiger partial charge < -0.3 is 20.1 Å². The largest absolute Gasteiger partial charge is 0.458 e. The molecule has 3 N–H and O–H groups in total. The van der Waals surface area contributed by atoms with E-state index >= 15 is 0 Å². The normalized spacial score (nSPS) is 10.1. The van der Waals surface area contributed by atoms with Crippen molar-refractivity contribution in [3.8, 4) is 0 Å². The van der Waals surface area contributed by atoms with E-state index in [0.29, 0.717) is 12.0 Å². The molecule has 0 bridgehead atoms. The molecule has 106 valence electrons. The Morgan fingerprint density at radius 1 is 1.28 bits per heavy atom. The first-order valence-electron chi connectivity index (χ1n) is 5.69. The van der Waals surface area contributed by atoms with E-state index in [1.807, 2.05) is 6.92 Å². The van der Waals surface area contributed by atoms with Crippen LogP contribution in [-0.4, -0.2) is 47.7 Å². The number of rotatable bonds is 7. The Balaban J connectivity index is 0. The zero-order chi connectivity index (χ0) is 14.6. The first kappa shape index (κ1) is 19.2. The summed E-state index contributed by atoms with van der Waals surface area (Å²) in [7, 11) is 0. The van der Waals surface area contributed by atoms with E-state index in [0.717, 1.165) is 0 Å². The van der Waals surface area contributed by atoms with Crippen molar-refractivity contribution in [1.29, 1.82) is 0 Å². The fourth-order valence-electron chi connectivity index (χ4n) is 0.743. The van der Waals surface area contributed by atoms with Crippen molar-refractivity contribution >= 4 is 5.97 Å². The standard InChI is InChI=1S/C7H10O2.C6H14O3/c1-4-5-9-7(8)6(2)3;1-2-6(3-7,4-8)5-9/h4H,1-2,5H2,3H3;7-9H,2-5H2,1H3. The molecule has 0 amide bonds. The van der Waals surface area contributed by atoms with Gasteiger partial charge in [-0.05, 0) is 13.3 Å². The summed E-state index contributed by atoms with van der Waals surface area (Å²) in [5.41, 5.74) is -0.253. The van der Waals surface area contributed by atoms with Gasteiger partial charge in [0.05, 0.1) is 19.8 Å². The first-order valence-corrected chi connectivity index (χ1v) is 5.69. The van der Waals surface area contributed by atoms with Gasteiger partial charge in [0.15, 0.2) is 0 Å². The van der Waals surface area contributed by atoms with Crippen LogP contribution in [0.25, 0.3) is 0 Å². The molecule has 0 aliphatic carbocycles. The van der Waals surface area contributed by atoms with Crippen LogP contribution in [0.3, 0.4) is 0 Å². The summed E-state index contributed by atoms with van der Waals surface area (Å²) in [5, 5.41) is 26.0. The van der Waals surface area contributed by atoms with Crippen molar-refractivity contribution in [2.75, 3.05) is 26.4 Å². The van der Waals surface area contributed by atoms with Gasteiger partial charge in [0.1, 0.15) is 6.61 Å². The van der Waals surface area contributed by atoms with E-state index in [1.54, 1.807) is 6.92 Å². The Bertz CT molecular complexity index is 239. The molecule has 0 aromatic rings.